The fourth-order valence-electron chi connectivity index (χ4n) is 3.99. The third-order valence-corrected chi connectivity index (χ3v) is 8.19. The number of ether oxygens (including phenoxy) is 1. The number of amides is 2. The first-order valence-corrected chi connectivity index (χ1v) is 13.9. The lowest BCUT2D eigenvalue weighted by molar-refractivity contribution is -0.140. The van der Waals surface area contributed by atoms with Gasteiger partial charge in [-0.1, -0.05) is 48.4 Å². The number of nitrogens with one attached hydrogen (secondary N) is 1. The Balaban J connectivity index is 2.04. The molecule has 1 N–H and O–H groups in total. The largest absolute Gasteiger partial charge is 0.497 e. The van der Waals surface area contributed by atoms with Crippen molar-refractivity contribution in [2.45, 2.75) is 37.8 Å². The zero-order valence-corrected chi connectivity index (χ0v) is 23.4. The van der Waals surface area contributed by atoms with Gasteiger partial charge in [-0.2, -0.15) is 0 Å². The van der Waals surface area contributed by atoms with Gasteiger partial charge in [0.2, 0.25) is 11.8 Å². The van der Waals surface area contributed by atoms with E-state index in [4.69, 9.17) is 16.3 Å². The van der Waals surface area contributed by atoms with Crippen LogP contribution in [0.1, 0.15) is 24.5 Å². The zero-order valence-electron chi connectivity index (χ0n) is 21.8. The lowest BCUT2D eigenvalue weighted by atomic mass is 10.1. The highest BCUT2D eigenvalue weighted by Gasteiger charge is 2.33. The lowest BCUT2D eigenvalue weighted by Gasteiger charge is -2.33. The van der Waals surface area contributed by atoms with E-state index in [1.54, 1.807) is 19.1 Å². The molecule has 0 saturated carbocycles. The van der Waals surface area contributed by atoms with Crippen molar-refractivity contribution in [1.82, 2.24) is 10.2 Å². The van der Waals surface area contributed by atoms with Crippen LogP contribution in [0.2, 0.25) is 5.02 Å². The molecule has 0 heterocycles. The maximum Gasteiger partial charge on any atom is 0.264 e. The normalized spacial score (nSPS) is 11.9. The molecule has 0 aromatic heterocycles. The number of carbonyl (C=O) groups excluding carboxylic acids is 2. The van der Waals surface area contributed by atoms with Crippen molar-refractivity contribution in [2.75, 3.05) is 25.0 Å². The lowest BCUT2D eigenvalue weighted by Crippen LogP contribution is -2.51. The molecule has 2 amide bonds. The summed E-state index contributed by atoms with van der Waals surface area (Å²) in [5.41, 5.74) is 2.15. The van der Waals surface area contributed by atoms with Crippen LogP contribution in [-0.4, -0.2) is 51.9 Å². The molecule has 8 nitrogen and oxygen atoms in total. The van der Waals surface area contributed by atoms with Crippen molar-refractivity contribution in [3.63, 3.8) is 0 Å². The number of sulfonamides is 1. The first kappa shape index (κ1) is 29.0. The van der Waals surface area contributed by atoms with Gasteiger partial charge in [-0.25, -0.2) is 8.42 Å². The van der Waals surface area contributed by atoms with E-state index in [2.05, 4.69) is 5.32 Å². The Bertz CT molecular complexity index is 1340. The van der Waals surface area contributed by atoms with Crippen molar-refractivity contribution < 1.29 is 22.7 Å². The van der Waals surface area contributed by atoms with Crippen LogP contribution in [0.5, 0.6) is 5.75 Å². The van der Waals surface area contributed by atoms with Gasteiger partial charge in [0.1, 0.15) is 18.3 Å². The second kappa shape index (κ2) is 12.8. The monoisotopic (exact) mass is 557 g/mol. The van der Waals surface area contributed by atoms with E-state index in [1.165, 1.54) is 55.5 Å². The molecule has 0 unspecified atom stereocenters. The average molecular weight is 558 g/mol. The van der Waals surface area contributed by atoms with Gasteiger partial charge in [0.05, 0.1) is 17.7 Å². The number of carbonyl (C=O) groups is 2. The number of methoxy groups -OCH3 is 1. The maximum atomic E-state index is 13.9. The zero-order chi connectivity index (χ0) is 27.9. The Labute approximate surface area is 229 Å². The van der Waals surface area contributed by atoms with Crippen LogP contribution >= 0.6 is 11.6 Å². The first-order valence-electron chi connectivity index (χ1n) is 12.1. The molecule has 3 aromatic rings. The number of halogens is 1. The SMILES string of the molecule is CC[C@@H](C(=O)NC)N(Cc1ccc(C)cc1)C(=O)CN(c1ccc(Cl)cc1)S(=O)(=O)c1ccc(OC)cc1. The predicted octanol–water partition coefficient (Wildman–Crippen LogP) is 4.41. The summed E-state index contributed by atoms with van der Waals surface area (Å²) in [6.07, 6.45) is 0.351. The van der Waals surface area contributed by atoms with Crippen LogP contribution in [0.4, 0.5) is 5.69 Å². The Kier molecular flexibility index (Phi) is 9.77. The summed E-state index contributed by atoms with van der Waals surface area (Å²) in [4.78, 5) is 28.0. The van der Waals surface area contributed by atoms with E-state index in [0.717, 1.165) is 15.4 Å². The van der Waals surface area contributed by atoms with Crippen LogP contribution in [-0.2, 0) is 26.2 Å². The second-order valence-electron chi connectivity index (χ2n) is 8.71. The number of hydrogen-bond donors (Lipinski definition) is 1. The number of nitrogens with zero attached hydrogens (tertiary/aromatic N) is 2. The number of rotatable bonds is 11. The fourth-order valence-corrected chi connectivity index (χ4v) is 5.53. The first-order chi connectivity index (χ1) is 18.1. The Hall–Kier alpha value is -3.56. The van der Waals surface area contributed by atoms with Gasteiger partial charge in [0, 0.05) is 18.6 Å². The van der Waals surface area contributed by atoms with Crippen LogP contribution in [0.3, 0.4) is 0 Å². The molecule has 0 aliphatic heterocycles. The van der Waals surface area contributed by atoms with E-state index in [0.29, 0.717) is 17.2 Å². The number of anilines is 1. The molecular weight excluding hydrogens is 526 g/mol. The van der Waals surface area contributed by atoms with Crippen LogP contribution < -0.4 is 14.4 Å². The summed E-state index contributed by atoms with van der Waals surface area (Å²) in [7, 11) is -1.18. The highest BCUT2D eigenvalue weighted by Crippen LogP contribution is 2.27. The highest BCUT2D eigenvalue weighted by atomic mass is 35.5. The maximum absolute atomic E-state index is 13.9. The molecule has 202 valence electrons. The molecular formula is C28H32ClN3O5S. The van der Waals surface area contributed by atoms with Gasteiger partial charge >= 0.3 is 0 Å². The van der Waals surface area contributed by atoms with Crippen molar-refractivity contribution >= 4 is 39.1 Å². The van der Waals surface area contributed by atoms with E-state index < -0.39 is 28.5 Å². The Morgan fingerprint density at radius 2 is 1.58 bits per heavy atom. The topological polar surface area (TPSA) is 96.0 Å². The summed E-state index contributed by atoms with van der Waals surface area (Å²) in [5, 5.41) is 3.04. The minimum Gasteiger partial charge on any atom is -0.497 e. The molecule has 0 saturated heterocycles. The van der Waals surface area contributed by atoms with Gasteiger partial charge in [0.25, 0.3) is 10.0 Å². The average Bonchev–Trinajstić information content (AvgIpc) is 2.92. The fraction of sp³-hybridized carbons (Fsp3) is 0.286. The number of benzene rings is 3. The van der Waals surface area contributed by atoms with Crippen LogP contribution in [0, 0.1) is 6.92 Å². The highest BCUT2D eigenvalue weighted by molar-refractivity contribution is 7.92. The Morgan fingerprint density at radius 3 is 2.11 bits per heavy atom. The van der Waals surface area contributed by atoms with Crippen molar-refractivity contribution in [3.8, 4) is 5.75 Å². The number of likely N-dealkylation sites (N-methyl/N-ethyl adjacent to an activating group) is 1. The molecule has 0 bridgehead atoms. The molecule has 0 spiro atoms. The van der Waals surface area contributed by atoms with Gasteiger partial charge in [-0.05, 0) is 67.4 Å². The molecule has 1 atom stereocenters. The molecule has 38 heavy (non-hydrogen) atoms. The molecule has 0 aliphatic carbocycles. The quantitative estimate of drug-likeness (QED) is 0.377. The second-order valence-corrected chi connectivity index (χ2v) is 11.0. The summed E-state index contributed by atoms with van der Waals surface area (Å²) in [6, 6.07) is 18.9. The van der Waals surface area contributed by atoms with Gasteiger partial charge in [-0.3, -0.25) is 13.9 Å². The standard InChI is InChI=1S/C28H32ClN3O5S/c1-5-26(28(34)30-3)31(18-21-8-6-20(2)7-9-21)27(33)19-32(23-12-10-22(29)11-13-23)38(35,36)25-16-14-24(37-4)15-17-25/h6-17,26H,5,18-19H2,1-4H3,(H,30,34)/t26-/m0/s1. The van der Waals surface area contributed by atoms with E-state index in [-0.39, 0.29) is 23.0 Å². The Morgan fingerprint density at radius 1 is 0.974 bits per heavy atom. The number of aryl methyl sites for hydroxylation is 1. The molecule has 3 rings (SSSR count). The molecule has 0 radical (unpaired) electrons. The van der Waals surface area contributed by atoms with Crippen LogP contribution in [0.25, 0.3) is 0 Å². The minimum atomic E-state index is -4.17. The molecule has 10 heteroatoms. The number of hydrogen-bond acceptors (Lipinski definition) is 5. The molecule has 0 aliphatic rings. The minimum absolute atomic E-state index is 0.00974. The third kappa shape index (κ3) is 6.85. The predicted molar refractivity (Wildman–Crippen MR) is 149 cm³/mol. The summed E-state index contributed by atoms with van der Waals surface area (Å²) in [5.74, 6) is -0.351. The van der Waals surface area contributed by atoms with Crippen molar-refractivity contribution in [2.24, 2.45) is 0 Å². The van der Waals surface area contributed by atoms with Crippen molar-refractivity contribution in [3.05, 3.63) is 88.9 Å². The summed E-state index contributed by atoms with van der Waals surface area (Å²) in [6.45, 7) is 3.39. The van der Waals surface area contributed by atoms with Crippen LogP contribution in [0.15, 0.2) is 77.7 Å². The van der Waals surface area contributed by atoms with Gasteiger partial charge < -0.3 is 15.0 Å². The van der Waals surface area contributed by atoms with E-state index in [9.17, 15) is 18.0 Å². The smallest absolute Gasteiger partial charge is 0.264 e. The van der Waals surface area contributed by atoms with E-state index in [1.807, 2.05) is 31.2 Å². The third-order valence-electron chi connectivity index (χ3n) is 6.15. The molecule has 0 fully saturated rings. The summed E-state index contributed by atoms with van der Waals surface area (Å²) < 4.78 is 33.8. The van der Waals surface area contributed by atoms with Gasteiger partial charge in [-0.15, -0.1) is 0 Å². The molecule has 3 aromatic carbocycles. The van der Waals surface area contributed by atoms with Crippen molar-refractivity contribution in [1.29, 1.82) is 0 Å². The summed E-state index contributed by atoms with van der Waals surface area (Å²) >= 11 is 6.05. The van der Waals surface area contributed by atoms with Gasteiger partial charge in [0.15, 0.2) is 0 Å². The van der Waals surface area contributed by atoms with E-state index >= 15 is 0 Å².